The molecule has 0 radical (unpaired) electrons. The molecule has 0 unspecified atom stereocenters. The van der Waals surface area contributed by atoms with Gasteiger partial charge < -0.3 is 10.4 Å². The van der Waals surface area contributed by atoms with Crippen LogP contribution in [0.4, 0.5) is 9.59 Å². The Morgan fingerprint density at radius 3 is 2.80 bits per heavy atom. The van der Waals surface area contributed by atoms with Crippen molar-refractivity contribution in [3.63, 3.8) is 0 Å². The van der Waals surface area contributed by atoms with Crippen LogP contribution >= 0.6 is 0 Å². The molecule has 6 nitrogen and oxygen atoms in total. The van der Waals surface area contributed by atoms with Gasteiger partial charge in [-0.25, -0.2) is 20.0 Å². The van der Waals surface area contributed by atoms with E-state index in [9.17, 15) is 9.59 Å². The molecule has 6 heteroatoms. The second-order valence-electron chi connectivity index (χ2n) is 1.80. The molecule has 0 bridgehead atoms. The van der Waals surface area contributed by atoms with Gasteiger partial charge in [-0.15, -0.1) is 0 Å². The zero-order chi connectivity index (χ0) is 7.56. The Morgan fingerprint density at radius 1 is 1.70 bits per heavy atom. The lowest BCUT2D eigenvalue weighted by Gasteiger charge is -2.24. The topological polar surface area (TPSA) is 81.7 Å². The maximum Gasteiger partial charge on any atom is 0.426 e. The lowest BCUT2D eigenvalue weighted by atomic mass is 10.5. The Labute approximate surface area is 56.8 Å². The minimum atomic E-state index is -1.14. The van der Waals surface area contributed by atoms with Gasteiger partial charge in [0.1, 0.15) is 0 Å². The van der Waals surface area contributed by atoms with Gasteiger partial charge in [-0.2, -0.15) is 0 Å². The molecule has 1 saturated heterocycles. The first-order valence-electron chi connectivity index (χ1n) is 2.75. The molecule has 0 aromatic carbocycles. The summed E-state index contributed by atoms with van der Waals surface area (Å²) < 4.78 is 0. The van der Waals surface area contributed by atoms with E-state index >= 15 is 0 Å². The molecule has 10 heavy (non-hydrogen) atoms. The molecular formula is C4H7N3O3. The van der Waals surface area contributed by atoms with Crippen LogP contribution in [0.3, 0.4) is 0 Å². The predicted molar refractivity (Wildman–Crippen MR) is 31.3 cm³/mol. The van der Waals surface area contributed by atoms with E-state index in [1.54, 1.807) is 0 Å². The SMILES string of the molecule is O=C1NCCN(C(=O)O)N1. The van der Waals surface area contributed by atoms with Gasteiger partial charge in [0.25, 0.3) is 0 Å². The summed E-state index contributed by atoms with van der Waals surface area (Å²) in [6.45, 7) is 0.638. The Morgan fingerprint density at radius 2 is 2.40 bits per heavy atom. The highest BCUT2D eigenvalue weighted by molar-refractivity contribution is 5.78. The first kappa shape index (κ1) is 6.66. The zero-order valence-electron chi connectivity index (χ0n) is 5.13. The van der Waals surface area contributed by atoms with Gasteiger partial charge in [-0.05, 0) is 0 Å². The number of carbonyl (C=O) groups is 2. The molecule has 0 aromatic rings. The van der Waals surface area contributed by atoms with Crippen LogP contribution in [0.1, 0.15) is 0 Å². The van der Waals surface area contributed by atoms with E-state index in [4.69, 9.17) is 5.11 Å². The number of urea groups is 1. The highest BCUT2D eigenvalue weighted by Gasteiger charge is 2.18. The quantitative estimate of drug-likeness (QED) is 0.417. The van der Waals surface area contributed by atoms with Gasteiger partial charge in [0.15, 0.2) is 0 Å². The second kappa shape index (κ2) is 2.42. The van der Waals surface area contributed by atoms with Crippen LogP contribution in [0.25, 0.3) is 0 Å². The number of amides is 3. The van der Waals surface area contributed by atoms with Crippen molar-refractivity contribution in [2.45, 2.75) is 0 Å². The number of nitrogens with one attached hydrogen (secondary N) is 2. The number of hydrogen-bond donors (Lipinski definition) is 3. The van der Waals surface area contributed by atoms with Crippen molar-refractivity contribution >= 4 is 12.1 Å². The predicted octanol–water partition coefficient (Wildman–Crippen LogP) is -0.806. The van der Waals surface area contributed by atoms with E-state index in [0.29, 0.717) is 6.54 Å². The molecule has 1 fully saturated rings. The van der Waals surface area contributed by atoms with Gasteiger partial charge >= 0.3 is 12.1 Å². The molecule has 0 aliphatic carbocycles. The lowest BCUT2D eigenvalue weighted by Crippen LogP contribution is -2.57. The summed E-state index contributed by atoms with van der Waals surface area (Å²) in [5, 5.41) is 11.6. The molecule has 3 amide bonds. The first-order chi connectivity index (χ1) is 4.70. The van der Waals surface area contributed by atoms with Gasteiger partial charge in [-0.1, -0.05) is 0 Å². The fraction of sp³-hybridized carbons (Fsp3) is 0.500. The molecule has 0 spiro atoms. The zero-order valence-corrected chi connectivity index (χ0v) is 5.13. The molecule has 0 saturated carbocycles. The fourth-order valence-corrected chi connectivity index (χ4v) is 0.643. The lowest BCUT2D eigenvalue weighted by molar-refractivity contribution is 0.115. The van der Waals surface area contributed by atoms with Crippen molar-refractivity contribution < 1.29 is 14.7 Å². The van der Waals surface area contributed by atoms with E-state index in [-0.39, 0.29) is 6.54 Å². The number of nitrogens with zero attached hydrogens (tertiary/aromatic N) is 1. The maximum atomic E-state index is 10.5. The van der Waals surface area contributed by atoms with E-state index in [0.717, 1.165) is 5.01 Å². The molecule has 56 valence electrons. The standard InChI is InChI=1S/C4H7N3O3/c8-3-5-1-2-7(6-3)4(9)10/h1-2H2,(H,9,10)(H2,5,6,8). The smallest absolute Gasteiger partial charge is 0.426 e. The van der Waals surface area contributed by atoms with Crippen LogP contribution in [0.15, 0.2) is 0 Å². The van der Waals surface area contributed by atoms with Crippen molar-refractivity contribution in [2.24, 2.45) is 0 Å². The number of rotatable bonds is 0. The molecular weight excluding hydrogens is 138 g/mol. The third-order valence-corrected chi connectivity index (χ3v) is 1.09. The van der Waals surface area contributed by atoms with Crippen molar-refractivity contribution in [1.82, 2.24) is 15.8 Å². The number of carbonyl (C=O) groups excluding carboxylic acids is 1. The van der Waals surface area contributed by atoms with Crippen molar-refractivity contribution in [1.29, 1.82) is 0 Å². The Hall–Kier alpha value is -1.46. The first-order valence-corrected chi connectivity index (χ1v) is 2.75. The molecule has 0 aromatic heterocycles. The van der Waals surface area contributed by atoms with Crippen molar-refractivity contribution in [2.75, 3.05) is 13.1 Å². The molecule has 0 atom stereocenters. The average molecular weight is 145 g/mol. The summed E-state index contributed by atoms with van der Waals surface area (Å²) >= 11 is 0. The number of hydrogen-bond acceptors (Lipinski definition) is 2. The summed E-state index contributed by atoms with van der Waals surface area (Å²) in [6.07, 6.45) is -1.14. The minimum absolute atomic E-state index is 0.279. The Bertz CT molecular complexity index is 167. The minimum Gasteiger partial charge on any atom is -0.464 e. The van der Waals surface area contributed by atoms with Crippen LogP contribution in [0.5, 0.6) is 0 Å². The van der Waals surface area contributed by atoms with Gasteiger partial charge in [0, 0.05) is 6.54 Å². The van der Waals surface area contributed by atoms with E-state index in [1.165, 1.54) is 0 Å². The highest BCUT2D eigenvalue weighted by atomic mass is 16.4. The fourth-order valence-electron chi connectivity index (χ4n) is 0.643. The largest absolute Gasteiger partial charge is 0.464 e. The molecule has 1 aliphatic rings. The summed E-state index contributed by atoms with van der Waals surface area (Å²) in [7, 11) is 0. The third-order valence-electron chi connectivity index (χ3n) is 1.09. The van der Waals surface area contributed by atoms with Gasteiger partial charge in [-0.3, -0.25) is 0 Å². The van der Waals surface area contributed by atoms with Crippen LogP contribution in [-0.2, 0) is 0 Å². The monoisotopic (exact) mass is 145 g/mol. The maximum absolute atomic E-state index is 10.5. The van der Waals surface area contributed by atoms with E-state index in [1.807, 2.05) is 0 Å². The summed E-state index contributed by atoms with van der Waals surface area (Å²) in [6, 6.07) is -0.478. The third kappa shape index (κ3) is 1.28. The van der Waals surface area contributed by atoms with Crippen LogP contribution < -0.4 is 10.7 Å². The summed E-state index contributed by atoms with van der Waals surface area (Å²) in [5.41, 5.74) is 2.10. The van der Waals surface area contributed by atoms with Gasteiger partial charge in [0.2, 0.25) is 0 Å². The highest BCUT2D eigenvalue weighted by Crippen LogP contribution is 1.87. The second-order valence-corrected chi connectivity index (χ2v) is 1.80. The average Bonchev–Trinajstić information content (AvgIpc) is 1.88. The molecule has 1 heterocycles. The van der Waals surface area contributed by atoms with Gasteiger partial charge in [0.05, 0.1) is 6.54 Å². The summed E-state index contributed by atoms with van der Waals surface area (Å²) in [4.78, 5) is 20.6. The number of carboxylic acid groups (broad SMARTS) is 1. The Kier molecular flexibility index (Phi) is 1.61. The summed E-state index contributed by atoms with van der Waals surface area (Å²) in [5.74, 6) is 0. The van der Waals surface area contributed by atoms with E-state index in [2.05, 4.69) is 10.7 Å². The van der Waals surface area contributed by atoms with Crippen LogP contribution in [0, 0.1) is 0 Å². The molecule has 3 N–H and O–H groups in total. The van der Waals surface area contributed by atoms with Crippen molar-refractivity contribution in [3.05, 3.63) is 0 Å². The van der Waals surface area contributed by atoms with Crippen LogP contribution in [-0.4, -0.2) is 35.3 Å². The van der Waals surface area contributed by atoms with Crippen molar-refractivity contribution in [3.8, 4) is 0 Å². The molecule has 1 rings (SSSR count). The molecule has 1 aliphatic heterocycles. The van der Waals surface area contributed by atoms with E-state index < -0.39 is 12.1 Å². The Balaban J connectivity index is 2.47. The normalized spacial score (nSPS) is 17.6. The van der Waals surface area contributed by atoms with Crippen LogP contribution in [0.2, 0.25) is 0 Å². The number of hydrazine groups is 1.